The van der Waals surface area contributed by atoms with Crippen LogP contribution >= 0.6 is 0 Å². The Morgan fingerprint density at radius 2 is 1.80 bits per heavy atom. The molecule has 1 aliphatic carbocycles. The first-order valence-corrected chi connectivity index (χ1v) is 7.95. The van der Waals surface area contributed by atoms with Crippen LogP contribution in [0.1, 0.15) is 65.1 Å². The lowest BCUT2D eigenvalue weighted by Gasteiger charge is -2.41. The Bertz CT molecular complexity index is 433. The lowest BCUT2D eigenvalue weighted by molar-refractivity contribution is 0.145. The number of nitrogens with zero attached hydrogens (tertiary/aromatic N) is 2. The first-order valence-electron chi connectivity index (χ1n) is 7.95. The normalized spacial score (nSPS) is 16.9. The van der Waals surface area contributed by atoms with E-state index in [0.29, 0.717) is 11.3 Å². The maximum absolute atomic E-state index is 4.65. The summed E-state index contributed by atoms with van der Waals surface area (Å²) in [6.07, 6.45) is 5.32. The molecule has 1 aromatic rings. The molecule has 0 atom stereocenters. The molecule has 112 valence electrons. The highest BCUT2D eigenvalue weighted by Gasteiger charge is 2.34. The van der Waals surface area contributed by atoms with Crippen LogP contribution in [0.4, 0.5) is 11.6 Å². The first kappa shape index (κ1) is 15.1. The number of anilines is 2. The van der Waals surface area contributed by atoms with Gasteiger partial charge in [-0.15, -0.1) is 0 Å². The van der Waals surface area contributed by atoms with Gasteiger partial charge in [0, 0.05) is 25.1 Å². The average molecular weight is 276 g/mol. The van der Waals surface area contributed by atoms with Gasteiger partial charge in [-0.25, -0.2) is 9.97 Å². The molecule has 0 aromatic carbocycles. The average Bonchev–Trinajstić information content (AvgIpc) is 2.38. The highest BCUT2D eigenvalue weighted by atomic mass is 15.1. The topological polar surface area (TPSA) is 49.8 Å². The van der Waals surface area contributed by atoms with Gasteiger partial charge in [0.1, 0.15) is 17.5 Å². The van der Waals surface area contributed by atoms with Crippen molar-refractivity contribution in [3.8, 4) is 0 Å². The summed E-state index contributed by atoms with van der Waals surface area (Å²) in [5.74, 6) is 3.13. The molecule has 0 saturated heterocycles. The van der Waals surface area contributed by atoms with Crippen molar-refractivity contribution in [3.63, 3.8) is 0 Å². The van der Waals surface area contributed by atoms with Gasteiger partial charge in [-0.1, -0.05) is 27.2 Å². The van der Waals surface area contributed by atoms with Crippen molar-refractivity contribution in [2.75, 3.05) is 23.7 Å². The Morgan fingerprint density at radius 3 is 2.25 bits per heavy atom. The summed E-state index contributed by atoms with van der Waals surface area (Å²) in [7, 11) is 0. The van der Waals surface area contributed by atoms with Gasteiger partial charge in [0.05, 0.1) is 0 Å². The molecule has 0 aliphatic heterocycles. The van der Waals surface area contributed by atoms with Crippen molar-refractivity contribution < 1.29 is 0 Å². The molecule has 1 aliphatic rings. The molecule has 2 rings (SSSR count). The number of hydrogen-bond acceptors (Lipinski definition) is 4. The molecule has 0 radical (unpaired) electrons. The summed E-state index contributed by atoms with van der Waals surface area (Å²) >= 11 is 0. The second-order valence-corrected chi connectivity index (χ2v) is 6.24. The smallest absolute Gasteiger partial charge is 0.135 e. The van der Waals surface area contributed by atoms with E-state index in [2.05, 4.69) is 48.3 Å². The molecule has 20 heavy (non-hydrogen) atoms. The molecule has 1 aromatic heterocycles. The van der Waals surface area contributed by atoms with Crippen molar-refractivity contribution in [2.45, 2.75) is 59.3 Å². The summed E-state index contributed by atoms with van der Waals surface area (Å²) in [6, 6.07) is 2.03. The predicted molar refractivity (Wildman–Crippen MR) is 85.3 cm³/mol. The van der Waals surface area contributed by atoms with E-state index in [1.54, 1.807) is 0 Å². The van der Waals surface area contributed by atoms with Gasteiger partial charge < -0.3 is 10.6 Å². The summed E-state index contributed by atoms with van der Waals surface area (Å²) < 4.78 is 0. The van der Waals surface area contributed by atoms with Crippen LogP contribution in [0.5, 0.6) is 0 Å². The van der Waals surface area contributed by atoms with Crippen molar-refractivity contribution in [3.05, 3.63) is 11.9 Å². The third-order valence-electron chi connectivity index (χ3n) is 4.43. The van der Waals surface area contributed by atoms with Gasteiger partial charge in [-0.05, 0) is 31.6 Å². The highest BCUT2D eigenvalue weighted by Crippen LogP contribution is 2.43. The zero-order valence-corrected chi connectivity index (χ0v) is 13.3. The van der Waals surface area contributed by atoms with Crippen LogP contribution in [0.15, 0.2) is 6.07 Å². The fourth-order valence-corrected chi connectivity index (χ4v) is 2.70. The van der Waals surface area contributed by atoms with Crippen LogP contribution in [0.2, 0.25) is 0 Å². The summed E-state index contributed by atoms with van der Waals surface area (Å²) in [5.41, 5.74) is 0.501. The van der Waals surface area contributed by atoms with Crippen molar-refractivity contribution >= 4 is 11.6 Å². The molecule has 4 nitrogen and oxygen atoms in total. The van der Waals surface area contributed by atoms with Crippen molar-refractivity contribution in [2.24, 2.45) is 5.41 Å². The molecule has 0 bridgehead atoms. The van der Waals surface area contributed by atoms with E-state index in [9.17, 15) is 0 Å². The molecule has 1 fully saturated rings. The van der Waals surface area contributed by atoms with Crippen LogP contribution in [0, 0.1) is 5.41 Å². The largest absolute Gasteiger partial charge is 0.370 e. The monoisotopic (exact) mass is 276 g/mol. The molecule has 0 amide bonds. The molecule has 4 heteroatoms. The number of hydrogen-bond donors (Lipinski definition) is 2. The van der Waals surface area contributed by atoms with Crippen LogP contribution in [0.25, 0.3) is 0 Å². The Labute approximate surface area is 122 Å². The second-order valence-electron chi connectivity index (χ2n) is 6.24. The fourth-order valence-electron chi connectivity index (χ4n) is 2.70. The van der Waals surface area contributed by atoms with Gasteiger partial charge in [0.2, 0.25) is 0 Å². The standard InChI is InChI=1S/C16H28N4/c1-5-16(8-7-9-16)11-18-14-10-13(17-6-2)19-15(20-14)12(3)4/h10,12H,5-9,11H2,1-4H3,(H2,17,18,19,20). The van der Waals surface area contributed by atoms with E-state index < -0.39 is 0 Å². The molecule has 1 saturated carbocycles. The van der Waals surface area contributed by atoms with Crippen LogP contribution in [-0.4, -0.2) is 23.1 Å². The van der Waals surface area contributed by atoms with Gasteiger partial charge in [0.25, 0.3) is 0 Å². The minimum atomic E-state index is 0.345. The van der Waals surface area contributed by atoms with E-state index in [-0.39, 0.29) is 0 Å². The zero-order chi connectivity index (χ0) is 14.6. The number of rotatable bonds is 7. The highest BCUT2D eigenvalue weighted by molar-refractivity contribution is 5.48. The molecule has 0 unspecified atom stereocenters. The van der Waals surface area contributed by atoms with Gasteiger partial charge in [-0.2, -0.15) is 0 Å². The number of nitrogens with one attached hydrogen (secondary N) is 2. The van der Waals surface area contributed by atoms with E-state index in [1.807, 2.05) is 6.07 Å². The second kappa shape index (κ2) is 6.42. The lowest BCUT2D eigenvalue weighted by Crippen LogP contribution is -2.36. The molecule has 0 spiro atoms. The van der Waals surface area contributed by atoms with Crippen LogP contribution in [-0.2, 0) is 0 Å². The Balaban J connectivity index is 2.09. The first-order chi connectivity index (χ1) is 9.58. The SMILES string of the molecule is CCNc1cc(NCC2(CC)CCC2)nc(C(C)C)n1. The molecule has 1 heterocycles. The summed E-state index contributed by atoms with van der Waals surface area (Å²) in [5, 5.41) is 6.83. The third kappa shape index (κ3) is 3.41. The van der Waals surface area contributed by atoms with Crippen molar-refractivity contribution in [1.82, 2.24) is 9.97 Å². The van der Waals surface area contributed by atoms with E-state index in [4.69, 9.17) is 0 Å². The Kier molecular flexibility index (Phi) is 4.84. The van der Waals surface area contributed by atoms with E-state index in [0.717, 1.165) is 30.5 Å². The maximum Gasteiger partial charge on any atom is 0.135 e. The minimum absolute atomic E-state index is 0.345. The zero-order valence-electron chi connectivity index (χ0n) is 13.3. The van der Waals surface area contributed by atoms with Gasteiger partial charge in [-0.3, -0.25) is 0 Å². The van der Waals surface area contributed by atoms with Crippen LogP contribution < -0.4 is 10.6 Å². The Hall–Kier alpha value is -1.32. The van der Waals surface area contributed by atoms with Gasteiger partial charge >= 0.3 is 0 Å². The maximum atomic E-state index is 4.65. The Morgan fingerprint density at radius 1 is 1.15 bits per heavy atom. The molecule has 2 N–H and O–H groups in total. The minimum Gasteiger partial charge on any atom is -0.370 e. The lowest BCUT2D eigenvalue weighted by atomic mass is 9.67. The number of aromatic nitrogens is 2. The summed E-state index contributed by atoms with van der Waals surface area (Å²) in [6.45, 7) is 10.6. The summed E-state index contributed by atoms with van der Waals surface area (Å²) in [4.78, 5) is 9.21. The fraction of sp³-hybridized carbons (Fsp3) is 0.750. The van der Waals surface area contributed by atoms with E-state index >= 15 is 0 Å². The third-order valence-corrected chi connectivity index (χ3v) is 4.43. The quantitative estimate of drug-likeness (QED) is 0.789. The van der Waals surface area contributed by atoms with Crippen LogP contribution in [0.3, 0.4) is 0 Å². The molecular formula is C16H28N4. The van der Waals surface area contributed by atoms with Crippen molar-refractivity contribution in [1.29, 1.82) is 0 Å². The van der Waals surface area contributed by atoms with E-state index in [1.165, 1.54) is 25.7 Å². The predicted octanol–water partition coefficient (Wildman–Crippen LogP) is 4.02. The van der Waals surface area contributed by atoms with Gasteiger partial charge in [0.15, 0.2) is 0 Å². The molecular weight excluding hydrogens is 248 g/mol.